The van der Waals surface area contributed by atoms with Crippen LogP contribution in [0, 0.1) is 0 Å². The summed E-state index contributed by atoms with van der Waals surface area (Å²) in [7, 11) is 0. The maximum Gasteiger partial charge on any atom is 0.329 e. The van der Waals surface area contributed by atoms with Crippen LogP contribution in [0.2, 0.25) is 0 Å². The molecule has 0 spiro atoms. The summed E-state index contributed by atoms with van der Waals surface area (Å²) in [4.78, 5) is 35.3. The van der Waals surface area contributed by atoms with E-state index >= 15 is 0 Å². The summed E-state index contributed by atoms with van der Waals surface area (Å²) in [5.41, 5.74) is 3.73. The fourth-order valence-corrected chi connectivity index (χ4v) is 1.40. The normalized spacial score (nSPS) is 13.4. The third kappa shape index (κ3) is 5.58. The van der Waals surface area contributed by atoms with Gasteiger partial charge in [0, 0.05) is 6.54 Å². The number of carbonyl (C=O) groups is 3. The fourth-order valence-electron chi connectivity index (χ4n) is 1.40. The molecule has 0 aliphatic rings. The van der Waals surface area contributed by atoms with Crippen molar-refractivity contribution in [2.75, 3.05) is 13.1 Å². The maximum absolute atomic E-state index is 12.0. The van der Waals surface area contributed by atoms with E-state index in [9.17, 15) is 14.4 Å². The number of carbonyl (C=O) groups excluding carboxylic acids is 2. The zero-order valence-electron chi connectivity index (χ0n) is 11.7. The number of carboxylic acid groups (broad SMARTS) is 1. The van der Waals surface area contributed by atoms with Gasteiger partial charge in [0.2, 0.25) is 5.91 Å². The molecular formula is C12H23N3O4. The summed E-state index contributed by atoms with van der Waals surface area (Å²) in [6.07, 6.45) is 1.81. The molecule has 0 aromatic carbocycles. The van der Waals surface area contributed by atoms with E-state index in [4.69, 9.17) is 10.8 Å². The van der Waals surface area contributed by atoms with E-state index in [0.717, 1.165) is 12.8 Å². The lowest BCUT2D eigenvalue weighted by Crippen LogP contribution is -2.56. The zero-order chi connectivity index (χ0) is 15.1. The van der Waals surface area contributed by atoms with Gasteiger partial charge in [0.25, 0.3) is 0 Å². The third-order valence-corrected chi connectivity index (χ3v) is 2.98. The molecule has 19 heavy (non-hydrogen) atoms. The summed E-state index contributed by atoms with van der Waals surface area (Å²) in [6.45, 7) is 5.19. The van der Waals surface area contributed by atoms with Gasteiger partial charge in [-0.3, -0.25) is 4.79 Å². The smallest absolute Gasteiger partial charge is 0.329 e. The van der Waals surface area contributed by atoms with Gasteiger partial charge in [-0.05, 0) is 19.8 Å². The van der Waals surface area contributed by atoms with Crippen LogP contribution in [0.3, 0.4) is 0 Å². The molecule has 0 fully saturated rings. The topological polar surface area (TPSA) is 113 Å². The Kier molecular flexibility index (Phi) is 6.89. The van der Waals surface area contributed by atoms with E-state index in [0.29, 0.717) is 6.54 Å². The van der Waals surface area contributed by atoms with E-state index in [1.807, 2.05) is 6.92 Å². The van der Waals surface area contributed by atoms with Crippen LogP contribution in [-0.4, -0.2) is 46.5 Å². The van der Waals surface area contributed by atoms with E-state index in [-0.39, 0.29) is 13.0 Å². The summed E-state index contributed by atoms with van der Waals surface area (Å²) >= 11 is 0. The van der Waals surface area contributed by atoms with Crippen LogP contribution in [0.25, 0.3) is 0 Å². The van der Waals surface area contributed by atoms with Crippen LogP contribution in [0.4, 0.5) is 4.79 Å². The number of primary amides is 1. The molecule has 0 aliphatic heterocycles. The molecule has 4 N–H and O–H groups in total. The highest BCUT2D eigenvalue weighted by Gasteiger charge is 2.34. The van der Waals surface area contributed by atoms with Crippen molar-refractivity contribution >= 4 is 17.9 Å². The van der Waals surface area contributed by atoms with E-state index in [1.54, 1.807) is 6.92 Å². The number of hydrogen-bond acceptors (Lipinski definition) is 3. The number of amides is 3. The Hall–Kier alpha value is -1.79. The Morgan fingerprint density at radius 2 is 1.89 bits per heavy atom. The van der Waals surface area contributed by atoms with Gasteiger partial charge in [0.1, 0.15) is 12.1 Å². The molecule has 0 aliphatic carbocycles. The molecule has 1 unspecified atom stereocenters. The average Bonchev–Trinajstić information content (AvgIpc) is 2.33. The molecule has 0 radical (unpaired) electrons. The monoisotopic (exact) mass is 273 g/mol. The summed E-state index contributed by atoms with van der Waals surface area (Å²) in [5, 5.41) is 11.5. The Morgan fingerprint density at radius 1 is 1.32 bits per heavy atom. The molecular weight excluding hydrogens is 250 g/mol. The molecule has 0 saturated heterocycles. The Bertz CT molecular complexity index is 346. The highest BCUT2D eigenvalue weighted by molar-refractivity contribution is 5.88. The minimum Gasteiger partial charge on any atom is -0.480 e. The fraction of sp³-hybridized carbons (Fsp3) is 0.750. The lowest BCUT2D eigenvalue weighted by molar-refractivity contribution is -0.143. The number of unbranched alkanes of at least 4 members (excludes halogenated alkanes) is 1. The molecule has 7 heteroatoms. The van der Waals surface area contributed by atoms with Crippen LogP contribution >= 0.6 is 0 Å². The van der Waals surface area contributed by atoms with Crippen molar-refractivity contribution in [3.63, 3.8) is 0 Å². The van der Waals surface area contributed by atoms with Crippen molar-refractivity contribution < 1.29 is 19.5 Å². The van der Waals surface area contributed by atoms with Crippen molar-refractivity contribution in [1.29, 1.82) is 0 Å². The summed E-state index contributed by atoms with van der Waals surface area (Å²) in [5.74, 6) is -1.74. The van der Waals surface area contributed by atoms with Crippen molar-refractivity contribution in [3.8, 4) is 0 Å². The Labute approximate surface area is 113 Å². The van der Waals surface area contributed by atoms with Gasteiger partial charge in [0.15, 0.2) is 0 Å². The molecule has 0 aromatic rings. The number of urea groups is 1. The number of nitrogens with one attached hydrogen (secondary N) is 1. The third-order valence-electron chi connectivity index (χ3n) is 2.98. The first kappa shape index (κ1) is 17.2. The molecule has 0 heterocycles. The van der Waals surface area contributed by atoms with Gasteiger partial charge in [-0.25, -0.2) is 9.59 Å². The molecule has 0 aromatic heterocycles. The van der Waals surface area contributed by atoms with Crippen molar-refractivity contribution in [1.82, 2.24) is 10.2 Å². The number of hydrogen-bond donors (Lipinski definition) is 3. The minimum absolute atomic E-state index is 0.217. The van der Waals surface area contributed by atoms with Gasteiger partial charge in [-0.2, -0.15) is 0 Å². The standard InChI is InChI=1S/C12H23N3O4/c1-4-6-7-15(8-9(13)16)11(19)14-12(3,5-2)10(17)18/h4-8H2,1-3H3,(H2,13,16)(H,14,19)(H,17,18). The lowest BCUT2D eigenvalue weighted by atomic mass is 10.00. The van der Waals surface area contributed by atoms with Crippen molar-refractivity contribution in [2.24, 2.45) is 5.73 Å². The van der Waals surface area contributed by atoms with Gasteiger partial charge in [-0.15, -0.1) is 0 Å². The summed E-state index contributed by atoms with van der Waals surface area (Å²) < 4.78 is 0. The molecule has 7 nitrogen and oxygen atoms in total. The second-order valence-corrected chi connectivity index (χ2v) is 4.66. The Balaban J connectivity index is 4.79. The van der Waals surface area contributed by atoms with Gasteiger partial charge < -0.3 is 21.1 Å². The molecule has 0 saturated carbocycles. The minimum atomic E-state index is -1.35. The van der Waals surface area contributed by atoms with Crippen LogP contribution in [0.5, 0.6) is 0 Å². The van der Waals surface area contributed by atoms with Crippen molar-refractivity contribution in [2.45, 2.75) is 45.6 Å². The lowest BCUT2D eigenvalue weighted by Gasteiger charge is -2.29. The predicted molar refractivity (Wildman–Crippen MR) is 70.5 cm³/mol. The van der Waals surface area contributed by atoms with Crippen LogP contribution in [-0.2, 0) is 9.59 Å². The summed E-state index contributed by atoms with van der Waals surface area (Å²) in [6, 6.07) is -0.584. The highest BCUT2D eigenvalue weighted by atomic mass is 16.4. The SMILES string of the molecule is CCCCN(CC(N)=O)C(=O)NC(C)(CC)C(=O)O. The predicted octanol–water partition coefficient (Wildman–Crippen LogP) is 0.537. The van der Waals surface area contributed by atoms with E-state index in [1.165, 1.54) is 11.8 Å². The molecule has 0 bridgehead atoms. The highest BCUT2D eigenvalue weighted by Crippen LogP contribution is 2.10. The number of nitrogens with zero attached hydrogens (tertiary/aromatic N) is 1. The number of nitrogens with two attached hydrogens (primary N) is 1. The number of carboxylic acids is 1. The maximum atomic E-state index is 12.0. The molecule has 3 amide bonds. The van der Waals surface area contributed by atoms with Crippen molar-refractivity contribution in [3.05, 3.63) is 0 Å². The molecule has 0 rings (SSSR count). The number of rotatable bonds is 8. The van der Waals surface area contributed by atoms with Crippen LogP contribution < -0.4 is 11.1 Å². The largest absolute Gasteiger partial charge is 0.480 e. The molecule has 1 atom stereocenters. The Morgan fingerprint density at radius 3 is 2.26 bits per heavy atom. The van der Waals surface area contributed by atoms with E-state index < -0.39 is 23.4 Å². The molecule has 110 valence electrons. The van der Waals surface area contributed by atoms with Crippen LogP contribution in [0.1, 0.15) is 40.0 Å². The average molecular weight is 273 g/mol. The second kappa shape index (κ2) is 7.60. The first-order chi connectivity index (χ1) is 8.76. The van der Waals surface area contributed by atoms with Gasteiger partial charge >= 0.3 is 12.0 Å². The first-order valence-electron chi connectivity index (χ1n) is 6.35. The van der Waals surface area contributed by atoms with E-state index in [2.05, 4.69) is 5.32 Å². The zero-order valence-corrected chi connectivity index (χ0v) is 11.7. The first-order valence-corrected chi connectivity index (χ1v) is 6.35. The second-order valence-electron chi connectivity index (χ2n) is 4.66. The van der Waals surface area contributed by atoms with Crippen LogP contribution in [0.15, 0.2) is 0 Å². The number of aliphatic carboxylic acids is 1. The quantitative estimate of drug-likeness (QED) is 0.599. The van der Waals surface area contributed by atoms with Gasteiger partial charge in [-0.1, -0.05) is 20.3 Å². The van der Waals surface area contributed by atoms with Gasteiger partial charge in [0.05, 0.1) is 0 Å².